The molecule has 134 valence electrons. The standard InChI is InChI=1S/C21H23N3OS/c22-15-16-6-7-21-19(14-16)24(18-4-1-2-5-20(18)26-21)11-3-10-23-12-8-17(25)9-13-23/h1-2,4-7,14,17,25H,3,8-13H2/i12D2,13D2. The molecule has 0 spiro atoms. The second kappa shape index (κ2) is 7.71. The summed E-state index contributed by atoms with van der Waals surface area (Å²) in [6, 6.07) is 15.8. The first-order chi connectivity index (χ1) is 14.2. The molecular weight excluding hydrogens is 342 g/mol. The molecule has 5 heteroatoms. The highest BCUT2D eigenvalue weighted by Gasteiger charge is 2.24. The zero-order valence-electron chi connectivity index (χ0n) is 18.4. The number of para-hydroxylation sites is 1. The summed E-state index contributed by atoms with van der Waals surface area (Å²) in [5.41, 5.74) is 2.56. The molecule has 0 bridgehead atoms. The minimum Gasteiger partial charge on any atom is -0.393 e. The van der Waals surface area contributed by atoms with Crippen molar-refractivity contribution >= 4 is 23.1 Å². The maximum absolute atomic E-state index is 9.85. The molecule has 0 aromatic heterocycles. The smallest absolute Gasteiger partial charge is 0.0992 e. The van der Waals surface area contributed by atoms with Crippen LogP contribution in [0.2, 0.25) is 0 Å². The first-order valence-electron chi connectivity index (χ1n) is 10.8. The molecule has 1 saturated heterocycles. The molecule has 1 fully saturated rings. The Hall–Kier alpha value is -2.00. The van der Waals surface area contributed by atoms with E-state index in [1.165, 1.54) is 4.90 Å². The van der Waals surface area contributed by atoms with Crippen LogP contribution < -0.4 is 4.90 Å². The van der Waals surface area contributed by atoms with Gasteiger partial charge in [-0.15, -0.1) is 0 Å². The van der Waals surface area contributed by atoms with Gasteiger partial charge >= 0.3 is 0 Å². The molecule has 0 unspecified atom stereocenters. The fourth-order valence-corrected chi connectivity index (χ4v) is 4.32. The largest absolute Gasteiger partial charge is 0.393 e. The monoisotopic (exact) mass is 369 g/mol. The Kier molecular flexibility index (Phi) is 3.92. The highest BCUT2D eigenvalue weighted by atomic mass is 32.2. The molecule has 0 amide bonds. The third kappa shape index (κ3) is 3.59. The van der Waals surface area contributed by atoms with E-state index in [1.54, 1.807) is 17.8 Å². The van der Waals surface area contributed by atoms with E-state index >= 15 is 0 Å². The average Bonchev–Trinajstić information content (AvgIpc) is 2.67. The highest BCUT2D eigenvalue weighted by Crippen LogP contribution is 2.48. The summed E-state index contributed by atoms with van der Waals surface area (Å²) in [5, 5.41) is 19.2. The second-order valence-corrected chi connectivity index (χ2v) is 7.48. The first-order valence-corrected chi connectivity index (χ1v) is 9.57. The van der Waals surface area contributed by atoms with Gasteiger partial charge in [-0.05, 0) is 56.1 Å². The molecule has 26 heavy (non-hydrogen) atoms. The summed E-state index contributed by atoms with van der Waals surface area (Å²) in [6.45, 7) is -3.01. The lowest BCUT2D eigenvalue weighted by molar-refractivity contribution is 0.0824. The van der Waals surface area contributed by atoms with Gasteiger partial charge in [-0.1, -0.05) is 23.9 Å². The zero-order valence-corrected chi connectivity index (χ0v) is 15.2. The number of piperidine rings is 1. The van der Waals surface area contributed by atoms with Crippen LogP contribution in [0, 0.1) is 11.3 Å². The Morgan fingerprint density at radius 2 is 1.88 bits per heavy atom. The van der Waals surface area contributed by atoms with Crippen LogP contribution in [0.25, 0.3) is 0 Å². The van der Waals surface area contributed by atoms with E-state index in [9.17, 15) is 10.4 Å². The van der Waals surface area contributed by atoms with Crippen molar-refractivity contribution in [2.75, 3.05) is 31.0 Å². The maximum Gasteiger partial charge on any atom is 0.0992 e. The lowest BCUT2D eigenvalue weighted by Crippen LogP contribution is -2.37. The Balaban J connectivity index is 1.57. The number of rotatable bonds is 4. The Morgan fingerprint density at radius 1 is 1.12 bits per heavy atom. The van der Waals surface area contributed by atoms with Gasteiger partial charge in [-0.25, -0.2) is 0 Å². The van der Waals surface area contributed by atoms with Crippen molar-refractivity contribution in [2.45, 2.75) is 35.2 Å². The lowest BCUT2D eigenvalue weighted by Gasteiger charge is -2.34. The van der Waals surface area contributed by atoms with Gasteiger partial charge in [0.2, 0.25) is 0 Å². The van der Waals surface area contributed by atoms with Crippen molar-refractivity contribution in [1.82, 2.24) is 4.90 Å². The average molecular weight is 370 g/mol. The van der Waals surface area contributed by atoms with Crippen molar-refractivity contribution in [3.63, 3.8) is 0 Å². The minimum atomic E-state index is -1.90. The fraction of sp³-hybridized carbons (Fsp3) is 0.381. The van der Waals surface area contributed by atoms with E-state index in [-0.39, 0.29) is 19.4 Å². The van der Waals surface area contributed by atoms with Gasteiger partial charge in [0.25, 0.3) is 0 Å². The number of fused-ring (bicyclic) bond motifs is 2. The van der Waals surface area contributed by atoms with Crippen LogP contribution in [-0.4, -0.2) is 42.2 Å². The summed E-state index contributed by atoms with van der Waals surface area (Å²) in [7, 11) is 0. The van der Waals surface area contributed by atoms with Gasteiger partial charge in [0, 0.05) is 34.8 Å². The molecule has 0 radical (unpaired) electrons. The highest BCUT2D eigenvalue weighted by molar-refractivity contribution is 7.99. The van der Waals surface area contributed by atoms with Crippen LogP contribution in [0.4, 0.5) is 11.4 Å². The number of aliphatic hydroxyl groups is 1. The van der Waals surface area contributed by atoms with Crippen LogP contribution in [0.1, 0.15) is 30.3 Å². The van der Waals surface area contributed by atoms with Gasteiger partial charge in [-0.3, -0.25) is 0 Å². The topological polar surface area (TPSA) is 50.5 Å². The van der Waals surface area contributed by atoms with Gasteiger partial charge in [-0.2, -0.15) is 5.26 Å². The molecule has 0 aliphatic carbocycles. The molecule has 0 saturated carbocycles. The van der Waals surface area contributed by atoms with E-state index in [1.807, 2.05) is 30.3 Å². The molecule has 1 N–H and O–H groups in total. The molecule has 4 nitrogen and oxygen atoms in total. The Bertz CT molecular complexity index is 976. The number of anilines is 2. The predicted molar refractivity (Wildman–Crippen MR) is 105 cm³/mol. The SMILES string of the molecule is [2H]C1([2H])CC(O)CC([2H])([2H])N1CCCN1c2ccccc2Sc2ccc(C#N)cc21. The van der Waals surface area contributed by atoms with Crippen LogP contribution in [-0.2, 0) is 0 Å². The van der Waals surface area contributed by atoms with Crippen LogP contribution in [0.5, 0.6) is 0 Å². The van der Waals surface area contributed by atoms with Crippen LogP contribution >= 0.6 is 11.8 Å². The van der Waals surface area contributed by atoms with Crippen molar-refractivity contribution in [3.8, 4) is 6.07 Å². The lowest BCUT2D eigenvalue weighted by atomic mass is 10.1. The molecule has 2 aromatic rings. The number of benzene rings is 2. The molecule has 2 aliphatic rings. The third-order valence-electron chi connectivity index (χ3n) is 4.55. The van der Waals surface area contributed by atoms with Gasteiger partial charge in [0.1, 0.15) is 0 Å². The first kappa shape index (κ1) is 13.2. The quantitative estimate of drug-likeness (QED) is 0.882. The minimum absolute atomic E-state index is 0.0932. The third-order valence-corrected chi connectivity index (χ3v) is 5.68. The summed E-state index contributed by atoms with van der Waals surface area (Å²) >= 11 is 1.66. The van der Waals surface area contributed by atoms with E-state index in [4.69, 9.17) is 5.48 Å². The van der Waals surface area contributed by atoms with Crippen molar-refractivity contribution in [2.24, 2.45) is 0 Å². The van der Waals surface area contributed by atoms with E-state index in [2.05, 4.69) is 17.0 Å². The van der Waals surface area contributed by atoms with Crippen LogP contribution in [0.3, 0.4) is 0 Å². The van der Waals surface area contributed by atoms with Gasteiger partial charge in [0.05, 0.1) is 29.1 Å². The van der Waals surface area contributed by atoms with E-state index < -0.39 is 19.1 Å². The van der Waals surface area contributed by atoms with E-state index in [0.717, 1.165) is 21.2 Å². The number of hydrogen-bond acceptors (Lipinski definition) is 5. The van der Waals surface area contributed by atoms with Gasteiger partial charge in [0.15, 0.2) is 0 Å². The summed E-state index contributed by atoms with van der Waals surface area (Å²) in [5.74, 6) is 0. The maximum atomic E-state index is 9.85. The molecule has 4 rings (SSSR count). The number of hydrogen-bond donors (Lipinski definition) is 1. The predicted octanol–water partition coefficient (Wildman–Crippen LogP) is 4.01. The van der Waals surface area contributed by atoms with Gasteiger partial charge < -0.3 is 14.9 Å². The molecule has 0 atom stereocenters. The normalized spacial score (nSPS) is 23.6. The molecule has 2 aromatic carbocycles. The number of aliphatic hydroxyl groups excluding tert-OH is 1. The summed E-state index contributed by atoms with van der Waals surface area (Å²) < 4.78 is 32.9. The van der Waals surface area contributed by atoms with Crippen molar-refractivity contribution in [1.29, 1.82) is 5.26 Å². The molecule has 2 aliphatic heterocycles. The number of nitrogens with zero attached hydrogens (tertiary/aromatic N) is 3. The zero-order chi connectivity index (χ0) is 21.5. The Labute approximate surface area is 164 Å². The second-order valence-electron chi connectivity index (χ2n) is 6.40. The number of likely N-dealkylation sites (tertiary alicyclic amines) is 1. The van der Waals surface area contributed by atoms with Crippen LogP contribution in [0.15, 0.2) is 52.3 Å². The molecular formula is C21H23N3OS. The van der Waals surface area contributed by atoms with Crippen molar-refractivity contribution < 1.29 is 10.6 Å². The fourth-order valence-electron chi connectivity index (χ4n) is 3.24. The summed E-state index contributed by atoms with van der Waals surface area (Å²) in [6.07, 6.45) is -0.633. The van der Waals surface area contributed by atoms with E-state index in [0.29, 0.717) is 18.5 Å². The Morgan fingerprint density at radius 3 is 2.69 bits per heavy atom. The number of nitriles is 1. The molecule has 2 heterocycles. The van der Waals surface area contributed by atoms with Crippen molar-refractivity contribution in [3.05, 3.63) is 48.0 Å². The summed E-state index contributed by atoms with van der Waals surface area (Å²) in [4.78, 5) is 5.54.